The smallest absolute Gasteiger partial charge is 0.320 e. The predicted molar refractivity (Wildman–Crippen MR) is 33.6 cm³/mol. The van der Waals surface area contributed by atoms with Crippen LogP contribution in [0.2, 0.25) is 0 Å². The van der Waals surface area contributed by atoms with E-state index < -0.39 is 18.7 Å². The molecule has 1 saturated heterocycles. The van der Waals surface area contributed by atoms with Crippen LogP contribution in [0, 0.1) is 0 Å². The van der Waals surface area contributed by atoms with Crippen LogP contribution in [0.4, 0.5) is 4.39 Å². The van der Waals surface area contributed by atoms with Crippen LogP contribution in [0.25, 0.3) is 0 Å². The molecular formula is C6H10FNO2. The molecule has 1 heterocycles. The van der Waals surface area contributed by atoms with E-state index in [1.54, 1.807) is 0 Å². The maximum absolute atomic E-state index is 11.9. The van der Waals surface area contributed by atoms with Gasteiger partial charge < -0.3 is 5.11 Å². The lowest BCUT2D eigenvalue weighted by molar-refractivity contribution is -0.139. The van der Waals surface area contributed by atoms with Gasteiger partial charge in [-0.25, -0.2) is 4.39 Å². The summed E-state index contributed by atoms with van der Waals surface area (Å²) in [5, 5.41) is 11.1. The topological polar surface area (TPSA) is 49.3 Å². The average Bonchev–Trinajstić information content (AvgIpc) is 2.34. The third-order valence-corrected chi connectivity index (χ3v) is 1.73. The van der Waals surface area contributed by atoms with Crippen LogP contribution in [0.3, 0.4) is 0 Å². The molecule has 0 aromatic heterocycles. The minimum atomic E-state index is -0.879. The van der Waals surface area contributed by atoms with Gasteiger partial charge in [0.15, 0.2) is 0 Å². The van der Waals surface area contributed by atoms with Crippen molar-refractivity contribution in [2.45, 2.75) is 24.9 Å². The average molecular weight is 147 g/mol. The maximum atomic E-state index is 11.9. The van der Waals surface area contributed by atoms with Gasteiger partial charge in [-0.1, -0.05) is 0 Å². The Morgan fingerprint density at radius 3 is 2.70 bits per heavy atom. The normalized spacial score (nSPS) is 32.5. The van der Waals surface area contributed by atoms with Crippen molar-refractivity contribution in [3.63, 3.8) is 0 Å². The third-order valence-electron chi connectivity index (χ3n) is 1.73. The molecule has 0 saturated carbocycles. The van der Waals surface area contributed by atoms with Crippen molar-refractivity contribution in [2.24, 2.45) is 0 Å². The molecule has 1 rings (SSSR count). The van der Waals surface area contributed by atoms with Crippen LogP contribution >= 0.6 is 0 Å². The van der Waals surface area contributed by atoms with Gasteiger partial charge in [-0.2, -0.15) is 0 Å². The highest BCUT2D eigenvalue weighted by Crippen LogP contribution is 2.12. The zero-order valence-corrected chi connectivity index (χ0v) is 5.51. The number of nitrogens with one attached hydrogen (secondary N) is 1. The molecule has 0 spiro atoms. The fourth-order valence-corrected chi connectivity index (χ4v) is 1.14. The summed E-state index contributed by atoms with van der Waals surface area (Å²) in [6.07, 6.45) is 1.18. The van der Waals surface area contributed by atoms with Gasteiger partial charge >= 0.3 is 5.97 Å². The van der Waals surface area contributed by atoms with Crippen LogP contribution < -0.4 is 5.32 Å². The Kier molecular flexibility index (Phi) is 2.21. The van der Waals surface area contributed by atoms with Crippen LogP contribution in [-0.2, 0) is 4.79 Å². The summed E-state index contributed by atoms with van der Waals surface area (Å²) < 4.78 is 11.9. The Labute approximate surface area is 58.2 Å². The number of hydrogen-bond acceptors (Lipinski definition) is 2. The van der Waals surface area contributed by atoms with Crippen molar-refractivity contribution in [1.82, 2.24) is 5.32 Å². The number of halogens is 1. The summed E-state index contributed by atoms with van der Waals surface area (Å²) in [5.74, 6) is -0.879. The van der Waals surface area contributed by atoms with E-state index in [1.807, 2.05) is 0 Å². The monoisotopic (exact) mass is 147 g/mol. The molecule has 2 atom stereocenters. The Morgan fingerprint density at radius 2 is 2.40 bits per heavy atom. The molecule has 3 nitrogen and oxygen atoms in total. The van der Waals surface area contributed by atoms with E-state index >= 15 is 0 Å². The maximum Gasteiger partial charge on any atom is 0.320 e. The number of rotatable bonds is 2. The fourth-order valence-electron chi connectivity index (χ4n) is 1.14. The number of carboxylic acid groups (broad SMARTS) is 1. The summed E-state index contributed by atoms with van der Waals surface area (Å²) >= 11 is 0. The second-order valence-electron chi connectivity index (χ2n) is 2.49. The van der Waals surface area contributed by atoms with E-state index in [2.05, 4.69) is 5.32 Å². The van der Waals surface area contributed by atoms with Crippen molar-refractivity contribution in [3.8, 4) is 0 Å². The van der Waals surface area contributed by atoms with Gasteiger partial charge in [0.1, 0.15) is 12.7 Å². The Bertz CT molecular complexity index is 140. The van der Waals surface area contributed by atoms with E-state index in [0.29, 0.717) is 12.8 Å². The molecule has 0 bridgehead atoms. The van der Waals surface area contributed by atoms with Gasteiger partial charge in [-0.15, -0.1) is 0 Å². The molecule has 0 aliphatic carbocycles. The molecule has 10 heavy (non-hydrogen) atoms. The summed E-state index contributed by atoms with van der Waals surface area (Å²) in [6, 6.07) is -0.762. The van der Waals surface area contributed by atoms with E-state index in [4.69, 9.17) is 5.11 Å². The van der Waals surface area contributed by atoms with Gasteiger partial charge in [-0.05, 0) is 12.8 Å². The molecule has 1 aliphatic rings. The van der Waals surface area contributed by atoms with E-state index in [9.17, 15) is 9.18 Å². The highest BCUT2D eigenvalue weighted by Gasteiger charge is 2.28. The van der Waals surface area contributed by atoms with Gasteiger partial charge in [-0.3, -0.25) is 10.1 Å². The molecule has 0 aromatic carbocycles. The third kappa shape index (κ3) is 1.44. The van der Waals surface area contributed by atoms with Crippen molar-refractivity contribution in [3.05, 3.63) is 0 Å². The second-order valence-corrected chi connectivity index (χ2v) is 2.49. The standard InChI is InChI=1S/C6H10FNO2/c7-3-4-1-2-5(8-4)6(9)10/h4-5,8H,1-3H2,(H,9,10). The zero-order chi connectivity index (χ0) is 7.56. The first-order valence-electron chi connectivity index (χ1n) is 3.29. The van der Waals surface area contributed by atoms with Crippen molar-refractivity contribution in [1.29, 1.82) is 0 Å². The van der Waals surface area contributed by atoms with Crippen LogP contribution in [0.15, 0.2) is 0 Å². The molecule has 1 fully saturated rings. The van der Waals surface area contributed by atoms with Gasteiger partial charge in [0.25, 0.3) is 0 Å². The summed E-state index contributed by atoms with van der Waals surface area (Å²) in [7, 11) is 0. The van der Waals surface area contributed by atoms with E-state index in [0.717, 1.165) is 0 Å². The largest absolute Gasteiger partial charge is 0.480 e. The number of aliphatic carboxylic acids is 1. The Balaban J connectivity index is 2.35. The van der Waals surface area contributed by atoms with E-state index in [1.165, 1.54) is 0 Å². The number of carboxylic acids is 1. The molecule has 58 valence electrons. The first kappa shape index (κ1) is 7.47. The lowest BCUT2D eigenvalue weighted by Gasteiger charge is -2.05. The first-order valence-corrected chi connectivity index (χ1v) is 3.29. The fraction of sp³-hybridized carbons (Fsp3) is 0.833. The molecule has 0 radical (unpaired) electrons. The van der Waals surface area contributed by atoms with Crippen LogP contribution in [0.1, 0.15) is 12.8 Å². The highest BCUT2D eigenvalue weighted by molar-refractivity contribution is 5.73. The first-order chi connectivity index (χ1) is 4.74. The van der Waals surface area contributed by atoms with Crippen molar-refractivity contribution in [2.75, 3.05) is 6.67 Å². The van der Waals surface area contributed by atoms with Gasteiger partial charge in [0.05, 0.1) is 0 Å². The van der Waals surface area contributed by atoms with Gasteiger partial charge in [0, 0.05) is 6.04 Å². The Hall–Kier alpha value is -0.640. The Morgan fingerprint density at radius 1 is 1.70 bits per heavy atom. The molecular weight excluding hydrogens is 137 g/mol. The van der Waals surface area contributed by atoms with Crippen LogP contribution in [0.5, 0.6) is 0 Å². The summed E-state index contributed by atoms with van der Waals surface area (Å²) in [4.78, 5) is 10.3. The molecule has 1 aliphatic heterocycles. The quantitative estimate of drug-likeness (QED) is 0.585. The molecule has 4 heteroatoms. The minimum Gasteiger partial charge on any atom is -0.480 e. The highest BCUT2D eigenvalue weighted by atomic mass is 19.1. The molecule has 0 amide bonds. The zero-order valence-electron chi connectivity index (χ0n) is 5.51. The van der Waals surface area contributed by atoms with Crippen molar-refractivity contribution < 1.29 is 14.3 Å². The molecule has 2 unspecified atom stereocenters. The lowest BCUT2D eigenvalue weighted by Crippen LogP contribution is -2.36. The predicted octanol–water partition coefficient (Wildman–Crippen LogP) is 0.161. The van der Waals surface area contributed by atoms with E-state index in [-0.39, 0.29) is 6.04 Å². The number of hydrogen-bond donors (Lipinski definition) is 2. The number of carbonyl (C=O) groups is 1. The number of alkyl halides is 1. The van der Waals surface area contributed by atoms with Crippen molar-refractivity contribution >= 4 is 5.97 Å². The summed E-state index contributed by atoms with van der Waals surface area (Å²) in [5.41, 5.74) is 0. The van der Waals surface area contributed by atoms with Crippen LogP contribution in [-0.4, -0.2) is 29.8 Å². The summed E-state index contributed by atoms with van der Waals surface area (Å²) in [6.45, 7) is -0.468. The lowest BCUT2D eigenvalue weighted by atomic mass is 10.2. The second kappa shape index (κ2) is 2.96. The SMILES string of the molecule is O=C(O)C1CCC(CF)N1. The molecule has 0 aromatic rings. The van der Waals surface area contributed by atoms with Gasteiger partial charge in [0.2, 0.25) is 0 Å². The molecule has 2 N–H and O–H groups in total. The minimum absolute atomic E-state index is 0.235.